The first kappa shape index (κ1) is 26.4. The van der Waals surface area contributed by atoms with E-state index in [-0.39, 0.29) is 17.7 Å². The van der Waals surface area contributed by atoms with Crippen molar-refractivity contribution in [1.29, 1.82) is 0 Å². The molecule has 9 rings (SSSR count). The topological polar surface area (TPSA) is 36.4 Å². The standard InChI is InChI=1S/C42H35N3/c1-3-14-28(15-4-1)39-43-40(29-16-5-2-6-17-29)45-41(44-39)32-20-13-19-31(26-32)37-33-21-8-7-18-30(33)27-36-38(37)34-22-9-10-23-35(34)42(36)24-11-12-25-42/h1-10,13-23,26-27,39-40,43H,11-12,24-25H2,(H,44,45). The van der Waals surface area contributed by atoms with Crippen LogP contribution in [-0.4, -0.2) is 5.84 Å². The molecule has 3 nitrogen and oxygen atoms in total. The van der Waals surface area contributed by atoms with Gasteiger partial charge in [0, 0.05) is 11.0 Å². The highest BCUT2D eigenvalue weighted by Crippen LogP contribution is 2.60. The van der Waals surface area contributed by atoms with E-state index >= 15 is 0 Å². The lowest BCUT2D eigenvalue weighted by atomic mass is 9.75. The number of aliphatic imine (C=N–C) groups is 1. The highest BCUT2D eigenvalue weighted by Gasteiger charge is 2.46. The molecular formula is C42H35N3. The fraction of sp³-hybridized carbons (Fsp3) is 0.167. The Morgan fingerprint density at radius 3 is 2.09 bits per heavy atom. The van der Waals surface area contributed by atoms with Gasteiger partial charge in [-0.15, -0.1) is 0 Å². The highest BCUT2D eigenvalue weighted by molar-refractivity contribution is 6.09. The molecule has 2 atom stereocenters. The molecule has 1 aliphatic heterocycles. The summed E-state index contributed by atoms with van der Waals surface area (Å²) < 4.78 is 0. The van der Waals surface area contributed by atoms with E-state index in [0.29, 0.717) is 0 Å². The maximum absolute atomic E-state index is 5.26. The van der Waals surface area contributed by atoms with Crippen molar-refractivity contribution in [2.75, 3.05) is 0 Å². The Bertz CT molecular complexity index is 2070. The smallest absolute Gasteiger partial charge is 0.131 e. The van der Waals surface area contributed by atoms with Crippen LogP contribution in [0.15, 0.2) is 145 Å². The zero-order valence-corrected chi connectivity index (χ0v) is 25.2. The average Bonchev–Trinajstić information content (AvgIpc) is 3.72. The molecule has 1 saturated carbocycles. The van der Waals surface area contributed by atoms with Gasteiger partial charge >= 0.3 is 0 Å². The average molecular weight is 582 g/mol. The van der Waals surface area contributed by atoms with Crippen molar-refractivity contribution in [2.45, 2.75) is 43.4 Å². The van der Waals surface area contributed by atoms with E-state index in [1.807, 2.05) is 0 Å². The number of rotatable bonds is 4. The van der Waals surface area contributed by atoms with Gasteiger partial charge in [-0.25, -0.2) is 4.99 Å². The number of amidine groups is 1. The molecular weight excluding hydrogens is 546 g/mol. The van der Waals surface area contributed by atoms with Crippen LogP contribution in [0.5, 0.6) is 0 Å². The van der Waals surface area contributed by atoms with E-state index in [2.05, 4.69) is 150 Å². The van der Waals surface area contributed by atoms with Gasteiger partial charge in [-0.3, -0.25) is 5.32 Å². The van der Waals surface area contributed by atoms with E-state index in [1.165, 1.54) is 75.4 Å². The summed E-state index contributed by atoms with van der Waals surface area (Å²) in [6.45, 7) is 0. The Labute approximate surface area is 264 Å². The van der Waals surface area contributed by atoms with Crippen LogP contribution in [0.2, 0.25) is 0 Å². The van der Waals surface area contributed by atoms with Crippen molar-refractivity contribution in [3.63, 3.8) is 0 Å². The minimum absolute atomic E-state index is 0.0662. The second-order valence-electron chi connectivity index (χ2n) is 12.8. The number of nitrogens with zero attached hydrogens (tertiary/aromatic N) is 1. The summed E-state index contributed by atoms with van der Waals surface area (Å²) in [6, 6.07) is 50.8. The third kappa shape index (κ3) is 4.26. The van der Waals surface area contributed by atoms with Crippen molar-refractivity contribution in [1.82, 2.24) is 10.6 Å². The molecule has 1 fully saturated rings. The van der Waals surface area contributed by atoms with Gasteiger partial charge in [0.15, 0.2) is 0 Å². The predicted molar refractivity (Wildman–Crippen MR) is 185 cm³/mol. The summed E-state index contributed by atoms with van der Waals surface area (Å²) in [5, 5.41) is 10.1. The lowest BCUT2D eigenvalue weighted by Crippen LogP contribution is -2.44. The van der Waals surface area contributed by atoms with Crippen LogP contribution in [-0.2, 0) is 5.41 Å². The molecule has 1 heterocycles. The van der Waals surface area contributed by atoms with Crippen LogP contribution >= 0.6 is 0 Å². The SMILES string of the molecule is c1ccc(C2N=C(c3cccc(-c4c5c(cc6ccccc46)C4(CCCC4)c4ccccc4-5)c3)NC(c3ccccc3)N2)cc1. The fourth-order valence-corrected chi connectivity index (χ4v) is 8.24. The Morgan fingerprint density at radius 1 is 0.578 bits per heavy atom. The molecule has 2 aliphatic carbocycles. The number of hydrogen-bond acceptors (Lipinski definition) is 3. The van der Waals surface area contributed by atoms with Crippen LogP contribution in [0.3, 0.4) is 0 Å². The van der Waals surface area contributed by atoms with Gasteiger partial charge in [0.2, 0.25) is 0 Å². The third-order valence-electron chi connectivity index (χ3n) is 10.3. The molecule has 3 heteroatoms. The van der Waals surface area contributed by atoms with Crippen molar-refractivity contribution >= 4 is 16.6 Å². The van der Waals surface area contributed by atoms with Crippen molar-refractivity contribution in [3.05, 3.63) is 167 Å². The molecule has 3 aliphatic rings. The Kier molecular flexibility index (Phi) is 6.21. The van der Waals surface area contributed by atoms with Crippen LogP contribution < -0.4 is 10.6 Å². The van der Waals surface area contributed by atoms with Gasteiger partial charge in [0.05, 0.1) is 0 Å². The number of benzene rings is 6. The zero-order valence-electron chi connectivity index (χ0n) is 25.2. The molecule has 0 saturated heterocycles. The molecule has 6 aromatic carbocycles. The van der Waals surface area contributed by atoms with Gasteiger partial charge in [-0.2, -0.15) is 0 Å². The second kappa shape index (κ2) is 10.6. The first-order chi connectivity index (χ1) is 22.3. The largest absolute Gasteiger partial charge is 0.350 e. The number of hydrogen-bond donors (Lipinski definition) is 2. The molecule has 0 bridgehead atoms. The van der Waals surface area contributed by atoms with E-state index in [4.69, 9.17) is 4.99 Å². The maximum atomic E-state index is 5.26. The predicted octanol–water partition coefficient (Wildman–Crippen LogP) is 9.68. The summed E-state index contributed by atoms with van der Waals surface area (Å²) >= 11 is 0. The maximum Gasteiger partial charge on any atom is 0.131 e. The van der Waals surface area contributed by atoms with Gasteiger partial charge < -0.3 is 5.32 Å². The fourth-order valence-electron chi connectivity index (χ4n) is 8.24. The third-order valence-corrected chi connectivity index (χ3v) is 10.3. The quantitative estimate of drug-likeness (QED) is 0.217. The highest BCUT2D eigenvalue weighted by atomic mass is 15.3. The molecule has 2 unspecified atom stereocenters. The summed E-state index contributed by atoms with van der Waals surface area (Å²) in [7, 11) is 0. The number of nitrogens with one attached hydrogen (secondary N) is 2. The van der Waals surface area contributed by atoms with Crippen LogP contribution in [0.25, 0.3) is 33.0 Å². The first-order valence-corrected chi connectivity index (χ1v) is 16.3. The first-order valence-electron chi connectivity index (χ1n) is 16.3. The monoisotopic (exact) mass is 581 g/mol. The zero-order chi connectivity index (χ0) is 29.8. The number of fused-ring (bicyclic) bond motifs is 6. The normalized spacial score (nSPS) is 19.6. The summed E-state index contributed by atoms with van der Waals surface area (Å²) in [6.07, 6.45) is 4.80. The molecule has 2 N–H and O–H groups in total. The molecule has 1 spiro atoms. The van der Waals surface area contributed by atoms with E-state index in [0.717, 1.165) is 17.0 Å². The second-order valence-corrected chi connectivity index (χ2v) is 12.8. The summed E-state index contributed by atoms with van der Waals surface area (Å²) in [5.41, 5.74) is 12.0. The minimum Gasteiger partial charge on any atom is -0.350 e. The molecule has 45 heavy (non-hydrogen) atoms. The van der Waals surface area contributed by atoms with Crippen molar-refractivity contribution < 1.29 is 0 Å². The van der Waals surface area contributed by atoms with E-state index in [9.17, 15) is 0 Å². The van der Waals surface area contributed by atoms with Gasteiger partial charge in [0.1, 0.15) is 18.2 Å². The molecule has 0 aromatic heterocycles. The van der Waals surface area contributed by atoms with Crippen molar-refractivity contribution in [3.8, 4) is 22.3 Å². The van der Waals surface area contributed by atoms with Crippen molar-refractivity contribution in [2.24, 2.45) is 4.99 Å². The molecule has 218 valence electrons. The Hall–Kier alpha value is -4.99. The van der Waals surface area contributed by atoms with Crippen LogP contribution in [0, 0.1) is 0 Å². The molecule has 6 aromatic rings. The van der Waals surface area contributed by atoms with E-state index < -0.39 is 0 Å². The molecule has 0 radical (unpaired) electrons. The van der Waals surface area contributed by atoms with Gasteiger partial charge in [-0.1, -0.05) is 140 Å². The minimum atomic E-state index is -0.160. The van der Waals surface area contributed by atoms with Crippen LogP contribution in [0.1, 0.15) is 65.8 Å². The lowest BCUT2D eigenvalue weighted by molar-refractivity contribution is 0.409. The lowest BCUT2D eigenvalue weighted by Gasteiger charge is -2.32. The summed E-state index contributed by atoms with van der Waals surface area (Å²) in [4.78, 5) is 5.26. The Morgan fingerprint density at radius 2 is 1.27 bits per heavy atom. The summed E-state index contributed by atoms with van der Waals surface area (Å²) in [5.74, 6) is 0.905. The van der Waals surface area contributed by atoms with E-state index in [1.54, 1.807) is 0 Å². The van der Waals surface area contributed by atoms with Gasteiger partial charge in [-0.05, 0) is 80.3 Å². The van der Waals surface area contributed by atoms with Gasteiger partial charge in [0.25, 0.3) is 0 Å². The Balaban J connectivity index is 1.23. The molecule has 0 amide bonds. The van der Waals surface area contributed by atoms with Crippen LogP contribution in [0.4, 0.5) is 0 Å².